The summed E-state index contributed by atoms with van der Waals surface area (Å²) in [5.41, 5.74) is 1.32. The number of hydrogen-bond donors (Lipinski definition) is 0. The second-order valence-electron chi connectivity index (χ2n) is 6.45. The molecule has 0 N–H and O–H groups in total. The molecule has 0 radical (unpaired) electrons. The highest BCUT2D eigenvalue weighted by atomic mass is 79.9. The van der Waals surface area contributed by atoms with Gasteiger partial charge in [0.2, 0.25) is 0 Å². The van der Waals surface area contributed by atoms with Crippen LogP contribution in [0.5, 0.6) is 11.5 Å². The third-order valence-electron chi connectivity index (χ3n) is 4.13. The number of nitrogens with zero attached hydrogens (tertiary/aromatic N) is 1. The number of rotatable bonds is 8. The molecule has 0 aliphatic carbocycles. The van der Waals surface area contributed by atoms with Gasteiger partial charge in [-0.3, -0.25) is 4.79 Å². The Morgan fingerprint density at radius 2 is 1.75 bits per heavy atom. The van der Waals surface area contributed by atoms with Crippen LogP contribution in [0.4, 0.5) is 0 Å². The zero-order valence-corrected chi connectivity index (χ0v) is 18.7. The van der Waals surface area contributed by atoms with Crippen molar-refractivity contribution in [3.63, 3.8) is 0 Å². The Hall–Kier alpha value is -2.06. The minimum absolute atomic E-state index is 0.0537. The van der Waals surface area contributed by atoms with Gasteiger partial charge in [-0.1, -0.05) is 22.0 Å². The molecule has 0 heterocycles. The second kappa shape index (κ2) is 9.43. The quantitative estimate of drug-likeness (QED) is 0.540. The molecule has 0 unspecified atom stereocenters. The number of benzene rings is 2. The smallest absolute Gasteiger partial charge is 0.309 e. The molecule has 0 saturated heterocycles. The fourth-order valence-electron chi connectivity index (χ4n) is 2.52. The minimum atomic E-state index is -3.70. The zero-order valence-electron chi connectivity index (χ0n) is 16.3. The normalized spacial score (nSPS) is 11.4. The molecule has 152 valence electrons. The van der Waals surface area contributed by atoms with Gasteiger partial charge >= 0.3 is 10.1 Å². The van der Waals surface area contributed by atoms with Crippen LogP contribution in [-0.2, 0) is 16.7 Å². The van der Waals surface area contributed by atoms with Crippen LogP contribution < -0.4 is 8.92 Å². The predicted molar refractivity (Wildman–Crippen MR) is 112 cm³/mol. The maximum absolute atomic E-state index is 12.9. The van der Waals surface area contributed by atoms with Gasteiger partial charge in [-0.15, -0.1) is 0 Å². The van der Waals surface area contributed by atoms with Gasteiger partial charge in [0.1, 0.15) is 0 Å². The van der Waals surface area contributed by atoms with Crippen LogP contribution in [0.15, 0.2) is 46.9 Å². The van der Waals surface area contributed by atoms with E-state index in [4.69, 9.17) is 8.92 Å². The number of carbonyl (C=O) groups is 1. The summed E-state index contributed by atoms with van der Waals surface area (Å²) < 4.78 is 35.0. The van der Waals surface area contributed by atoms with Gasteiger partial charge in [0.15, 0.2) is 11.5 Å². The molecule has 0 bridgehead atoms. The van der Waals surface area contributed by atoms with Gasteiger partial charge < -0.3 is 13.8 Å². The molecule has 2 aromatic rings. The van der Waals surface area contributed by atoms with Crippen molar-refractivity contribution in [1.29, 1.82) is 0 Å². The standard InChI is InChI=1S/C20H24BrNO5S/c1-5-28(24,25)27-19-12-15(6-11-18(19)26-4)13-22(14(2)3)20(23)16-7-9-17(21)10-8-16/h6-12,14H,5,13H2,1-4H3. The SMILES string of the molecule is CCS(=O)(=O)Oc1cc(CN(C(=O)c2ccc(Br)cc2)C(C)C)ccc1OC. The van der Waals surface area contributed by atoms with Crippen LogP contribution in [0.1, 0.15) is 36.7 Å². The van der Waals surface area contributed by atoms with Gasteiger partial charge in [0.25, 0.3) is 5.91 Å². The summed E-state index contributed by atoms with van der Waals surface area (Å²) in [5.74, 6) is 0.167. The Labute approximate surface area is 174 Å². The molecule has 1 amide bonds. The average molecular weight is 470 g/mol. The van der Waals surface area contributed by atoms with Crippen molar-refractivity contribution in [3.05, 3.63) is 58.1 Å². The number of halogens is 1. The molecule has 8 heteroatoms. The van der Waals surface area contributed by atoms with Gasteiger partial charge in [0, 0.05) is 22.6 Å². The lowest BCUT2D eigenvalue weighted by Gasteiger charge is -2.27. The predicted octanol–water partition coefficient (Wildman–Crippen LogP) is 4.24. The Morgan fingerprint density at radius 1 is 1.11 bits per heavy atom. The summed E-state index contributed by atoms with van der Waals surface area (Å²) in [5, 5.41) is 0. The van der Waals surface area contributed by atoms with Crippen LogP contribution in [0.3, 0.4) is 0 Å². The fourth-order valence-corrected chi connectivity index (χ4v) is 3.31. The van der Waals surface area contributed by atoms with Crippen LogP contribution in [0, 0.1) is 0 Å². The molecule has 0 atom stereocenters. The Kier molecular flexibility index (Phi) is 7.48. The van der Waals surface area contributed by atoms with Crippen molar-refractivity contribution in [2.24, 2.45) is 0 Å². The van der Waals surface area contributed by atoms with E-state index in [2.05, 4.69) is 15.9 Å². The van der Waals surface area contributed by atoms with Crippen molar-refractivity contribution in [1.82, 2.24) is 4.90 Å². The zero-order chi connectivity index (χ0) is 20.9. The van der Waals surface area contributed by atoms with Gasteiger partial charge in [-0.05, 0) is 62.7 Å². The van der Waals surface area contributed by atoms with E-state index in [-0.39, 0.29) is 23.5 Å². The maximum atomic E-state index is 12.9. The summed E-state index contributed by atoms with van der Waals surface area (Å²) in [6, 6.07) is 12.1. The third kappa shape index (κ3) is 5.72. The van der Waals surface area contributed by atoms with E-state index in [0.717, 1.165) is 10.0 Å². The lowest BCUT2D eigenvalue weighted by molar-refractivity contribution is 0.0690. The highest BCUT2D eigenvalue weighted by Crippen LogP contribution is 2.30. The van der Waals surface area contributed by atoms with Gasteiger partial charge in [0.05, 0.1) is 12.9 Å². The molecule has 0 spiro atoms. The first-order chi connectivity index (χ1) is 13.2. The molecule has 28 heavy (non-hydrogen) atoms. The fraction of sp³-hybridized carbons (Fsp3) is 0.350. The topological polar surface area (TPSA) is 72.9 Å². The molecular formula is C20H24BrNO5S. The summed E-state index contributed by atoms with van der Waals surface area (Å²) >= 11 is 3.37. The van der Waals surface area contributed by atoms with Crippen molar-refractivity contribution >= 4 is 32.0 Å². The van der Waals surface area contributed by atoms with Crippen LogP contribution in [0.25, 0.3) is 0 Å². The maximum Gasteiger partial charge on any atom is 0.309 e. The Morgan fingerprint density at radius 3 is 2.29 bits per heavy atom. The highest BCUT2D eigenvalue weighted by Gasteiger charge is 2.21. The van der Waals surface area contributed by atoms with E-state index in [9.17, 15) is 13.2 Å². The molecule has 6 nitrogen and oxygen atoms in total. The third-order valence-corrected chi connectivity index (χ3v) is 5.80. The van der Waals surface area contributed by atoms with E-state index in [0.29, 0.717) is 17.9 Å². The molecule has 0 fully saturated rings. The molecular weight excluding hydrogens is 446 g/mol. The highest BCUT2D eigenvalue weighted by molar-refractivity contribution is 9.10. The monoisotopic (exact) mass is 469 g/mol. The van der Waals surface area contributed by atoms with Crippen LogP contribution >= 0.6 is 15.9 Å². The first-order valence-corrected chi connectivity index (χ1v) is 11.2. The Balaban J connectivity index is 2.32. The molecule has 2 aromatic carbocycles. The van der Waals surface area contributed by atoms with E-state index < -0.39 is 10.1 Å². The van der Waals surface area contributed by atoms with Crippen LogP contribution in [0.2, 0.25) is 0 Å². The van der Waals surface area contributed by atoms with Crippen molar-refractivity contribution in [2.45, 2.75) is 33.4 Å². The molecule has 0 aliphatic rings. The lowest BCUT2D eigenvalue weighted by atomic mass is 10.1. The van der Waals surface area contributed by atoms with Crippen LogP contribution in [-0.4, -0.2) is 38.1 Å². The number of methoxy groups -OCH3 is 1. The lowest BCUT2D eigenvalue weighted by Crippen LogP contribution is -2.36. The summed E-state index contributed by atoms with van der Waals surface area (Å²) in [6.07, 6.45) is 0. The van der Waals surface area contributed by atoms with E-state index >= 15 is 0 Å². The number of amides is 1. The molecule has 0 aromatic heterocycles. The summed E-state index contributed by atoms with van der Waals surface area (Å²) in [7, 11) is -2.25. The summed E-state index contributed by atoms with van der Waals surface area (Å²) in [6.45, 7) is 5.67. The number of ether oxygens (including phenoxy) is 1. The van der Waals surface area contributed by atoms with Gasteiger partial charge in [-0.2, -0.15) is 8.42 Å². The van der Waals surface area contributed by atoms with Crippen molar-refractivity contribution in [3.8, 4) is 11.5 Å². The largest absolute Gasteiger partial charge is 0.493 e. The average Bonchev–Trinajstić information content (AvgIpc) is 2.66. The minimum Gasteiger partial charge on any atom is -0.493 e. The van der Waals surface area contributed by atoms with Crippen molar-refractivity contribution in [2.75, 3.05) is 12.9 Å². The number of hydrogen-bond acceptors (Lipinski definition) is 5. The Bertz CT molecular complexity index is 926. The van der Waals surface area contributed by atoms with E-state index in [1.807, 2.05) is 26.0 Å². The molecule has 0 aliphatic heterocycles. The molecule has 2 rings (SSSR count). The van der Waals surface area contributed by atoms with Gasteiger partial charge in [-0.25, -0.2) is 0 Å². The van der Waals surface area contributed by atoms with E-state index in [1.165, 1.54) is 14.0 Å². The first kappa shape index (κ1) is 22.2. The molecule has 0 saturated carbocycles. The first-order valence-electron chi connectivity index (χ1n) is 8.82. The number of carbonyl (C=O) groups excluding carboxylic acids is 1. The van der Waals surface area contributed by atoms with Crippen molar-refractivity contribution < 1.29 is 22.1 Å². The van der Waals surface area contributed by atoms with E-state index in [1.54, 1.807) is 35.2 Å². The second-order valence-corrected chi connectivity index (χ2v) is 9.22. The summed E-state index contributed by atoms with van der Waals surface area (Å²) in [4.78, 5) is 14.7.